The first-order chi connectivity index (χ1) is 13.8. The largest absolute Gasteiger partial charge is 0.352 e. The highest BCUT2D eigenvalue weighted by molar-refractivity contribution is 5.99. The maximum atomic E-state index is 12.4. The highest BCUT2D eigenvalue weighted by Crippen LogP contribution is 2.12. The third kappa shape index (κ3) is 10.0. The zero-order valence-electron chi connectivity index (χ0n) is 19.7. The van der Waals surface area contributed by atoms with Crippen molar-refractivity contribution in [3.63, 3.8) is 0 Å². The quantitative estimate of drug-likeness (QED) is 0.568. The lowest BCUT2D eigenvalue weighted by Gasteiger charge is -2.31. The molecule has 1 rings (SSSR count). The molecular formula is C24H39N3O3. The second kappa shape index (κ2) is 11.3. The van der Waals surface area contributed by atoms with Crippen LogP contribution in [-0.4, -0.2) is 53.7 Å². The summed E-state index contributed by atoms with van der Waals surface area (Å²) in [6, 6.07) is 6.66. The van der Waals surface area contributed by atoms with Crippen LogP contribution in [-0.2, 0) is 4.79 Å². The van der Waals surface area contributed by atoms with Crippen molar-refractivity contribution in [1.29, 1.82) is 0 Å². The van der Waals surface area contributed by atoms with Crippen molar-refractivity contribution < 1.29 is 14.4 Å². The lowest BCUT2D eigenvalue weighted by molar-refractivity contribution is -0.119. The normalized spacial score (nSPS) is 12.0. The number of ketones is 1. The van der Waals surface area contributed by atoms with Crippen molar-refractivity contribution in [3.8, 4) is 0 Å². The van der Waals surface area contributed by atoms with E-state index in [-0.39, 0.29) is 28.7 Å². The van der Waals surface area contributed by atoms with Crippen LogP contribution in [0.1, 0.15) is 87.9 Å². The fourth-order valence-corrected chi connectivity index (χ4v) is 2.78. The summed E-state index contributed by atoms with van der Waals surface area (Å²) in [5, 5.41) is 5.72. The summed E-state index contributed by atoms with van der Waals surface area (Å²) in [5.41, 5.74) is 0.656. The van der Waals surface area contributed by atoms with E-state index in [9.17, 15) is 14.4 Å². The number of nitrogens with one attached hydrogen (secondary N) is 2. The van der Waals surface area contributed by atoms with Gasteiger partial charge in [-0.05, 0) is 86.2 Å². The minimum absolute atomic E-state index is 0.109. The molecule has 0 aliphatic rings. The molecule has 0 saturated heterocycles. The van der Waals surface area contributed by atoms with Crippen molar-refractivity contribution >= 4 is 17.6 Å². The number of benzene rings is 1. The van der Waals surface area contributed by atoms with Gasteiger partial charge in [0.05, 0.1) is 0 Å². The van der Waals surface area contributed by atoms with Gasteiger partial charge in [0, 0.05) is 41.6 Å². The van der Waals surface area contributed by atoms with E-state index in [4.69, 9.17) is 0 Å². The van der Waals surface area contributed by atoms with Crippen molar-refractivity contribution in [3.05, 3.63) is 35.4 Å². The number of hydrogen-bond donors (Lipinski definition) is 2. The molecule has 0 heterocycles. The molecular weight excluding hydrogens is 378 g/mol. The van der Waals surface area contributed by atoms with Gasteiger partial charge in [-0.1, -0.05) is 6.07 Å². The molecule has 6 heteroatoms. The van der Waals surface area contributed by atoms with Crippen LogP contribution in [0.4, 0.5) is 0 Å². The number of Topliss-reactive ketones (excluding diaryl/α,β-unsaturated/α-hetero) is 1. The zero-order chi connectivity index (χ0) is 22.9. The first kappa shape index (κ1) is 25.8. The van der Waals surface area contributed by atoms with Gasteiger partial charge in [0.25, 0.3) is 11.8 Å². The Labute approximate surface area is 181 Å². The van der Waals surface area contributed by atoms with E-state index < -0.39 is 0 Å². The van der Waals surface area contributed by atoms with Gasteiger partial charge in [0.1, 0.15) is 5.78 Å². The molecule has 0 atom stereocenters. The summed E-state index contributed by atoms with van der Waals surface area (Å²) < 4.78 is 0. The van der Waals surface area contributed by atoms with Gasteiger partial charge in [-0.15, -0.1) is 0 Å². The molecule has 1 aromatic carbocycles. The number of hydrogen-bond acceptors (Lipinski definition) is 4. The summed E-state index contributed by atoms with van der Waals surface area (Å²) in [6.07, 6.45) is 2.50. The number of carbonyl (C=O) groups excluding carboxylic acids is 3. The SMILES string of the molecule is CN(CCCC(=O)CCCNC(=O)c1cccc(C(=O)NC(C)(C)C)c1)C(C)(C)C. The van der Waals surface area contributed by atoms with Gasteiger partial charge in [-0.3, -0.25) is 14.4 Å². The number of carbonyl (C=O) groups is 3. The summed E-state index contributed by atoms with van der Waals surface area (Å²) in [5.74, 6) is -0.216. The third-order valence-electron chi connectivity index (χ3n) is 4.89. The van der Waals surface area contributed by atoms with E-state index in [1.54, 1.807) is 24.3 Å². The Morgan fingerprint density at radius 1 is 0.900 bits per heavy atom. The molecule has 0 unspecified atom stereocenters. The summed E-state index contributed by atoms with van der Waals surface area (Å²) in [4.78, 5) is 38.9. The molecule has 6 nitrogen and oxygen atoms in total. The van der Waals surface area contributed by atoms with Crippen LogP contribution in [0.5, 0.6) is 0 Å². The smallest absolute Gasteiger partial charge is 0.251 e. The van der Waals surface area contributed by atoms with Gasteiger partial charge >= 0.3 is 0 Å². The Balaban J connectivity index is 2.37. The van der Waals surface area contributed by atoms with Gasteiger partial charge < -0.3 is 15.5 Å². The van der Waals surface area contributed by atoms with E-state index in [0.29, 0.717) is 36.9 Å². The minimum atomic E-state index is -0.343. The molecule has 2 amide bonds. The Hall–Kier alpha value is -2.21. The van der Waals surface area contributed by atoms with Gasteiger partial charge in [0.2, 0.25) is 0 Å². The summed E-state index contributed by atoms with van der Waals surface area (Å²) in [7, 11) is 2.07. The molecule has 0 radical (unpaired) electrons. The predicted octanol–water partition coefficient (Wildman–Crippen LogP) is 3.80. The fourth-order valence-electron chi connectivity index (χ4n) is 2.78. The van der Waals surface area contributed by atoms with Crippen molar-refractivity contribution in [2.24, 2.45) is 0 Å². The third-order valence-corrected chi connectivity index (χ3v) is 4.89. The van der Waals surface area contributed by atoms with E-state index in [1.165, 1.54) is 0 Å². The molecule has 0 spiro atoms. The molecule has 1 aromatic rings. The molecule has 168 valence electrons. The number of nitrogens with zero attached hydrogens (tertiary/aromatic N) is 1. The molecule has 2 N–H and O–H groups in total. The van der Waals surface area contributed by atoms with Crippen LogP contribution in [0.2, 0.25) is 0 Å². The zero-order valence-corrected chi connectivity index (χ0v) is 19.7. The first-order valence-electron chi connectivity index (χ1n) is 10.7. The van der Waals surface area contributed by atoms with Crippen LogP contribution < -0.4 is 10.6 Å². The van der Waals surface area contributed by atoms with Crippen LogP contribution >= 0.6 is 0 Å². The average molecular weight is 418 g/mol. The van der Waals surface area contributed by atoms with Gasteiger partial charge in [-0.2, -0.15) is 0 Å². The van der Waals surface area contributed by atoms with Crippen LogP contribution in [0, 0.1) is 0 Å². The fraction of sp³-hybridized carbons (Fsp3) is 0.625. The topological polar surface area (TPSA) is 78.5 Å². The van der Waals surface area contributed by atoms with Gasteiger partial charge in [-0.25, -0.2) is 0 Å². The molecule has 0 saturated carbocycles. The monoisotopic (exact) mass is 417 g/mol. The first-order valence-corrected chi connectivity index (χ1v) is 10.7. The molecule has 0 fully saturated rings. The average Bonchev–Trinajstić information content (AvgIpc) is 2.63. The van der Waals surface area contributed by atoms with Crippen molar-refractivity contribution in [2.45, 2.75) is 78.3 Å². The highest BCUT2D eigenvalue weighted by atomic mass is 16.2. The molecule has 0 aliphatic heterocycles. The Kier molecular flexibility index (Phi) is 9.69. The second-order valence-corrected chi connectivity index (χ2v) is 9.88. The number of rotatable bonds is 10. The van der Waals surface area contributed by atoms with E-state index in [2.05, 4.69) is 43.4 Å². The maximum absolute atomic E-state index is 12.4. The lowest BCUT2D eigenvalue weighted by Crippen LogP contribution is -2.40. The Bertz CT molecular complexity index is 730. The molecule has 0 aliphatic carbocycles. The Morgan fingerprint density at radius 2 is 1.47 bits per heavy atom. The van der Waals surface area contributed by atoms with E-state index in [1.807, 2.05) is 20.8 Å². The lowest BCUT2D eigenvalue weighted by atomic mass is 10.1. The second-order valence-electron chi connectivity index (χ2n) is 9.88. The van der Waals surface area contributed by atoms with Crippen LogP contribution in [0.3, 0.4) is 0 Å². The van der Waals surface area contributed by atoms with E-state index >= 15 is 0 Å². The summed E-state index contributed by atoms with van der Waals surface area (Å²) in [6.45, 7) is 13.5. The number of amides is 2. The maximum Gasteiger partial charge on any atom is 0.251 e. The van der Waals surface area contributed by atoms with Crippen LogP contribution in [0.15, 0.2) is 24.3 Å². The molecule has 30 heavy (non-hydrogen) atoms. The predicted molar refractivity (Wildman–Crippen MR) is 122 cm³/mol. The van der Waals surface area contributed by atoms with Crippen molar-refractivity contribution in [1.82, 2.24) is 15.5 Å². The minimum Gasteiger partial charge on any atom is -0.352 e. The molecule has 0 aromatic heterocycles. The standard InChI is InChI=1S/C24H39N3O3/c1-23(2,3)26-22(30)19-12-8-11-18(17-19)21(29)25-15-9-13-20(28)14-10-16-27(7)24(4,5)6/h8,11-12,17H,9-10,13-16H2,1-7H3,(H,25,29)(H,26,30). The summed E-state index contributed by atoms with van der Waals surface area (Å²) >= 11 is 0. The Morgan fingerprint density at radius 3 is 2.03 bits per heavy atom. The van der Waals surface area contributed by atoms with Crippen LogP contribution in [0.25, 0.3) is 0 Å². The van der Waals surface area contributed by atoms with Gasteiger partial charge in [0.15, 0.2) is 0 Å². The van der Waals surface area contributed by atoms with E-state index in [0.717, 1.165) is 13.0 Å². The highest BCUT2D eigenvalue weighted by Gasteiger charge is 2.17. The van der Waals surface area contributed by atoms with Crippen molar-refractivity contribution in [2.75, 3.05) is 20.1 Å². The molecule has 0 bridgehead atoms.